The van der Waals surface area contributed by atoms with E-state index in [-0.39, 0.29) is 0 Å². The number of nitrogens with one attached hydrogen (secondary N) is 1. The van der Waals surface area contributed by atoms with E-state index in [4.69, 9.17) is 4.74 Å². The first-order valence-electron chi connectivity index (χ1n) is 8.57. The first-order chi connectivity index (χ1) is 10.4. The Morgan fingerprint density at radius 1 is 1.29 bits per heavy atom. The second kappa shape index (κ2) is 7.28. The minimum Gasteiger partial charge on any atom is -0.378 e. The van der Waals surface area contributed by atoms with Gasteiger partial charge in [-0.15, -0.1) is 0 Å². The molecule has 2 aliphatic heterocycles. The maximum atomic E-state index is 5.73. The van der Waals surface area contributed by atoms with Crippen LogP contribution in [0.25, 0.3) is 0 Å². The van der Waals surface area contributed by atoms with Crippen molar-refractivity contribution in [2.75, 3.05) is 31.1 Å². The van der Waals surface area contributed by atoms with Crippen LogP contribution in [0.5, 0.6) is 0 Å². The van der Waals surface area contributed by atoms with Crippen LogP contribution in [0.3, 0.4) is 0 Å². The smallest absolute Gasteiger partial charge is 0.0576 e. The minimum atomic E-state index is 0.527. The molecule has 3 nitrogen and oxygen atoms in total. The fourth-order valence-electron chi connectivity index (χ4n) is 3.70. The summed E-state index contributed by atoms with van der Waals surface area (Å²) in [5.41, 5.74) is 2.91. The Hall–Kier alpha value is -1.06. The third kappa shape index (κ3) is 3.58. The van der Waals surface area contributed by atoms with Crippen molar-refractivity contribution < 1.29 is 4.74 Å². The van der Waals surface area contributed by atoms with Gasteiger partial charge in [0.2, 0.25) is 0 Å². The van der Waals surface area contributed by atoms with Crippen LogP contribution >= 0.6 is 0 Å². The molecule has 1 aromatic rings. The van der Waals surface area contributed by atoms with Crippen LogP contribution in [0, 0.1) is 0 Å². The fourth-order valence-corrected chi connectivity index (χ4v) is 3.70. The Morgan fingerprint density at radius 3 is 3.00 bits per heavy atom. The molecular formula is C18H28N2O. The SMILES string of the molecule is CCNC1CCN(CCCC2CCCO2)c2ccccc21. The minimum absolute atomic E-state index is 0.527. The average molecular weight is 288 g/mol. The maximum Gasteiger partial charge on any atom is 0.0576 e. The topological polar surface area (TPSA) is 24.5 Å². The predicted molar refractivity (Wildman–Crippen MR) is 87.9 cm³/mol. The van der Waals surface area contributed by atoms with Gasteiger partial charge in [-0.25, -0.2) is 0 Å². The van der Waals surface area contributed by atoms with Crippen LogP contribution in [0.1, 0.15) is 50.6 Å². The second-order valence-electron chi connectivity index (χ2n) is 6.22. The van der Waals surface area contributed by atoms with Crippen molar-refractivity contribution in [1.29, 1.82) is 0 Å². The molecule has 0 spiro atoms. The fraction of sp³-hybridized carbons (Fsp3) is 0.667. The summed E-state index contributed by atoms with van der Waals surface area (Å²) < 4.78 is 5.73. The van der Waals surface area contributed by atoms with Crippen LogP contribution in [0.4, 0.5) is 5.69 Å². The van der Waals surface area contributed by atoms with Gasteiger partial charge in [-0.2, -0.15) is 0 Å². The van der Waals surface area contributed by atoms with Gasteiger partial charge in [-0.05, 0) is 50.3 Å². The van der Waals surface area contributed by atoms with Crippen LogP contribution in [0.2, 0.25) is 0 Å². The molecule has 3 rings (SSSR count). The molecule has 0 aromatic heterocycles. The highest BCUT2D eigenvalue weighted by molar-refractivity contribution is 5.56. The summed E-state index contributed by atoms with van der Waals surface area (Å²) in [5, 5.41) is 3.62. The van der Waals surface area contributed by atoms with Crippen LogP contribution < -0.4 is 10.2 Å². The number of anilines is 1. The van der Waals surface area contributed by atoms with Crippen molar-refractivity contribution in [3.8, 4) is 0 Å². The molecule has 1 aromatic carbocycles. The molecule has 21 heavy (non-hydrogen) atoms. The lowest BCUT2D eigenvalue weighted by Crippen LogP contribution is -2.36. The average Bonchev–Trinajstić information content (AvgIpc) is 3.03. The van der Waals surface area contributed by atoms with Crippen molar-refractivity contribution >= 4 is 5.69 Å². The molecule has 0 saturated carbocycles. The Labute approximate surface area is 128 Å². The molecule has 0 bridgehead atoms. The number of hydrogen-bond acceptors (Lipinski definition) is 3. The number of ether oxygens (including phenoxy) is 1. The third-order valence-electron chi connectivity index (χ3n) is 4.77. The van der Waals surface area contributed by atoms with Crippen molar-refractivity contribution in [3.05, 3.63) is 29.8 Å². The molecular weight excluding hydrogens is 260 g/mol. The monoisotopic (exact) mass is 288 g/mol. The predicted octanol–water partition coefficient (Wildman–Crippen LogP) is 3.51. The van der Waals surface area contributed by atoms with Gasteiger partial charge in [0, 0.05) is 31.4 Å². The number of benzene rings is 1. The van der Waals surface area contributed by atoms with Gasteiger partial charge in [0.05, 0.1) is 6.10 Å². The van der Waals surface area contributed by atoms with Crippen molar-refractivity contribution in [1.82, 2.24) is 5.32 Å². The molecule has 1 N–H and O–H groups in total. The highest BCUT2D eigenvalue weighted by Crippen LogP contribution is 2.33. The van der Waals surface area contributed by atoms with E-state index in [1.165, 1.54) is 49.9 Å². The molecule has 2 heterocycles. The van der Waals surface area contributed by atoms with E-state index in [2.05, 4.69) is 41.4 Å². The Morgan fingerprint density at radius 2 is 2.19 bits per heavy atom. The van der Waals surface area contributed by atoms with E-state index >= 15 is 0 Å². The lowest BCUT2D eigenvalue weighted by atomic mass is 9.96. The molecule has 3 heteroatoms. The highest BCUT2D eigenvalue weighted by atomic mass is 16.5. The van der Waals surface area contributed by atoms with Crippen molar-refractivity contribution in [2.45, 2.75) is 51.2 Å². The Kier molecular flexibility index (Phi) is 5.15. The quantitative estimate of drug-likeness (QED) is 0.867. The number of rotatable bonds is 6. The highest BCUT2D eigenvalue weighted by Gasteiger charge is 2.24. The molecule has 0 amide bonds. The Balaban J connectivity index is 1.59. The van der Waals surface area contributed by atoms with Crippen LogP contribution in [-0.2, 0) is 4.74 Å². The second-order valence-corrected chi connectivity index (χ2v) is 6.22. The van der Waals surface area contributed by atoms with Crippen molar-refractivity contribution in [3.63, 3.8) is 0 Å². The Bertz CT molecular complexity index is 443. The zero-order chi connectivity index (χ0) is 14.5. The first-order valence-corrected chi connectivity index (χ1v) is 8.57. The van der Waals surface area contributed by atoms with Crippen molar-refractivity contribution in [2.24, 2.45) is 0 Å². The summed E-state index contributed by atoms with van der Waals surface area (Å²) in [5.74, 6) is 0. The summed E-state index contributed by atoms with van der Waals surface area (Å²) in [7, 11) is 0. The van der Waals surface area contributed by atoms with Gasteiger partial charge < -0.3 is 15.0 Å². The molecule has 0 radical (unpaired) electrons. The molecule has 116 valence electrons. The van der Waals surface area contributed by atoms with Gasteiger partial charge in [-0.1, -0.05) is 25.1 Å². The summed E-state index contributed by atoms with van der Waals surface area (Å²) in [6.07, 6.45) is 6.71. The van der Waals surface area contributed by atoms with E-state index < -0.39 is 0 Å². The van der Waals surface area contributed by atoms with Gasteiger partial charge in [0.15, 0.2) is 0 Å². The van der Waals surface area contributed by atoms with Gasteiger partial charge >= 0.3 is 0 Å². The molecule has 1 fully saturated rings. The largest absolute Gasteiger partial charge is 0.378 e. The van der Waals surface area contributed by atoms with E-state index in [1.807, 2.05) is 0 Å². The maximum absolute atomic E-state index is 5.73. The first kappa shape index (κ1) is 14.9. The van der Waals surface area contributed by atoms with E-state index in [1.54, 1.807) is 0 Å². The van der Waals surface area contributed by atoms with Gasteiger partial charge in [0.25, 0.3) is 0 Å². The summed E-state index contributed by atoms with van der Waals surface area (Å²) in [6, 6.07) is 9.43. The zero-order valence-corrected chi connectivity index (χ0v) is 13.2. The van der Waals surface area contributed by atoms with Crippen LogP contribution in [-0.4, -0.2) is 32.3 Å². The van der Waals surface area contributed by atoms with E-state index in [0.717, 1.165) is 19.7 Å². The van der Waals surface area contributed by atoms with Gasteiger partial charge in [-0.3, -0.25) is 0 Å². The zero-order valence-electron chi connectivity index (χ0n) is 13.2. The third-order valence-corrected chi connectivity index (χ3v) is 4.77. The molecule has 2 aliphatic rings. The molecule has 0 aliphatic carbocycles. The number of nitrogens with zero attached hydrogens (tertiary/aromatic N) is 1. The lowest BCUT2D eigenvalue weighted by molar-refractivity contribution is 0.103. The number of fused-ring (bicyclic) bond motifs is 1. The standard InChI is InChI=1S/C18H28N2O/c1-2-19-17-11-13-20(18-10-4-3-9-16(17)18)12-5-7-15-8-6-14-21-15/h3-4,9-10,15,17,19H,2,5-8,11-14H2,1H3. The normalized spacial score (nSPS) is 25.1. The van der Waals surface area contributed by atoms with Crippen LogP contribution in [0.15, 0.2) is 24.3 Å². The number of hydrogen-bond donors (Lipinski definition) is 1. The molecule has 2 atom stereocenters. The summed E-state index contributed by atoms with van der Waals surface area (Å²) in [6.45, 7) is 6.53. The molecule has 1 saturated heterocycles. The van der Waals surface area contributed by atoms with Gasteiger partial charge in [0.1, 0.15) is 0 Å². The molecule has 2 unspecified atom stereocenters. The summed E-state index contributed by atoms with van der Waals surface area (Å²) >= 11 is 0. The lowest BCUT2D eigenvalue weighted by Gasteiger charge is -2.36. The number of para-hydroxylation sites is 1. The van der Waals surface area contributed by atoms with E-state index in [9.17, 15) is 0 Å². The van der Waals surface area contributed by atoms with E-state index in [0.29, 0.717) is 12.1 Å². The summed E-state index contributed by atoms with van der Waals surface area (Å²) in [4.78, 5) is 2.57.